The van der Waals surface area contributed by atoms with Crippen molar-refractivity contribution in [3.05, 3.63) is 53.3 Å². The highest BCUT2D eigenvalue weighted by molar-refractivity contribution is 5.72. The number of unbranched alkanes of at least 4 members (excludes halogenated alkanes) is 1. The van der Waals surface area contributed by atoms with Crippen molar-refractivity contribution in [3.63, 3.8) is 0 Å². The van der Waals surface area contributed by atoms with Crippen LogP contribution >= 0.6 is 0 Å². The summed E-state index contributed by atoms with van der Waals surface area (Å²) in [5.41, 5.74) is 3.06. The summed E-state index contributed by atoms with van der Waals surface area (Å²) in [4.78, 5) is 17.7. The van der Waals surface area contributed by atoms with Gasteiger partial charge in [-0.15, -0.1) is 0 Å². The molecule has 4 saturated carbocycles. The van der Waals surface area contributed by atoms with Crippen molar-refractivity contribution in [1.29, 1.82) is 0 Å². The molecule has 7 nitrogen and oxygen atoms in total. The van der Waals surface area contributed by atoms with Gasteiger partial charge in [-0.25, -0.2) is 4.98 Å². The number of hydrogen-bond donors (Lipinski definition) is 3. The molecule has 3 N–H and O–H groups in total. The van der Waals surface area contributed by atoms with Crippen LogP contribution in [0.5, 0.6) is 0 Å². The number of rotatable bonds is 13. The van der Waals surface area contributed by atoms with E-state index in [4.69, 9.17) is 9.15 Å². The van der Waals surface area contributed by atoms with Crippen LogP contribution in [0.25, 0.3) is 0 Å². The minimum Gasteiger partial charge on any atom is -0.461 e. The van der Waals surface area contributed by atoms with E-state index >= 15 is 0 Å². The zero-order valence-corrected chi connectivity index (χ0v) is 28.1. The monoisotopic (exact) mass is 623 g/mol. The number of aliphatic hydroxyl groups excluding tert-OH is 3. The van der Waals surface area contributed by atoms with Gasteiger partial charge in [-0.05, 0) is 112 Å². The van der Waals surface area contributed by atoms with Crippen molar-refractivity contribution in [3.8, 4) is 0 Å². The molecule has 0 bridgehead atoms. The van der Waals surface area contributed by atoms with E-state index in [1.165, 1.54) is 31.3 Å². The first-order chi connectivity index (χ1) is 21.5. The Morgan fingerprint density at radius 2 is 1.98 bits per heavy atom. The van der Waals surface area contributed by atoms with E-state index in [1.54, 1.807) is 6.92 Å². The van der Waals surface area contributed by atoms with E-state index in [2.05, 4.69) is 44.5 Å². The van der Waals surface area contributed by atoms with Crippen LogP contribution in [-0.4, -0.2) is 51.2 Å². The zero-order chi connectivity index (χ0) is 32.4. The smallest absolute Gasteiger partial charge is 0.311 e. The van der Waals surface area contributed by atoms with Crippen LogP contribution in [0.4, 0.5) is 0 Å². The Labute approximate surface area is 270 Å². The summed E-state index contributed by atoms with van der Waals surface area (Å²) in [5.74, 6) is 2.30. The topological polar surface area (TPSA) is 113 Å². The second-order valence-electron chi connectivity index (χ2n) is 15.1. The van der Waals surface area contributed by atoms with Gasteiger partial charge in [-0.2, -0.15) is 0 Å². The maximum atomic E-state index is 13.0. The molecule has 0 saturated heterocycles. The lowest BCUT2D eigenvalue weighted by Crippen LogP contribution is -2.37. The van der Waals surface area contributed by atoms with Gasteiger partial charge in [0.1, 0.15) is 11.9 Å². The van der Waals surface area contributed by atoms with Gasteiger partial charge >= 0.3 is 5.97 Å². The van der Waals surface area contributed by atoms with Crippen molar-refractivity contribution >= 4 is 5.97 Å². The number of aromatic nitrogens is 1. The molecular formula is C38H57NO6. The molecule has 7 heteroatoms. The number of oxazole rings is 1. The van der Waals surface area contributed by atoms with E-state index in [0.717, 1.165) is 68.3 Å². The van der Waals surface area contributed by atoms with Gasteiger partial charge in [0.25, 0.3) is 0 Å². The second kappa shape index (κ2) is 14.3. The normalized spacial score (nSPS) is 33.2. The number of carbonyl (C=O) groups is 1. The fourth-order valence-electron chi connectivity index (χ4n) is 8.89. The lowest BCUT2D eigenvalue weighted by atomic mass is 9.60. The second-order valence-corrected chi connectivity index (χ2v) is 15.1. The molecule has 1 aromatic heterocycles. The molecule has 0 radical (unpaired) electrons. The average molecular weight is 624 g/mol. The van der Waals surface area contributed by atoms with Gasteiger partial charge in [0, 0.05) is 12.8 Å². The van der Waals surface area contributed by atoms with Crippen LogP contribution < -0.4 is 0 Å². The Hall–Kier alpha value is -2.22. The average Bonchev–Trinajstić information content (AvgIpc) is 3.53. The molecule has 1 heterocycles. The highest BCUT2D eigenvalue weighted by Crippen LogP contribution is 2.60. The number of carbonyl (C=O) groups excluding carboxylic acids is 1. The van der Waals surface area contributed by atoms with E-state index in [1.807, 2.05) is 6.20 Å². The van der Waals surface area contributed by atoms with Crippen molar-refractivity contribution in [2.45, 2.75) is 141 Å². The lowest BCUT2D eigenvalue weighted by Gasteiger charge is -2.44. The number of aryl methyl sites for hydroxylation is 1. The summed E-state index contributed by atoms with van der Waals surface area (Å²) in [6.07, 6.45) is 18.1. The van der Waals surface area contributed by atoms with Gasteiger partial charge in [0.15, 0.2) is 0 Å². The first kappa shape index (κ1) is 34.1. The summed E-state index contributed by atoms with van der Waals surface area (Å²) >= 11 is 0. The molecule has 0 spiro atoms. The Bertz CT molecular complexity index is 1260. The number of allylic oxidation sites excluding steroid dienone is 3. The van der Waals surface area contributed by atoms with Crippen molar-refractivity contribution in [1.82, 2.24) is 4.98 Å². The number of aliphatic hydroxyl groups is 3. The lowest BCUT2D eigenvalue weighted by molar-refractivity contribution is -0.157. The highest BCUT2D eigenvalue weighted by atomic mass is 16.5. The summed E-state index contributed by atoms with van der Waals surface area (Å²) < 4.78 is 12.4. The van der Waals surface area contributed by atoms with Gasteiger partial charge in [0.05, 0.1) is 36.3 Å². The summed E-state index contributed by atoms with van der Waals surface area (Å²) in [6.45, 7) is 12.6. The van der Waals surface area contributed by atoms with Crippen LogP contribution in [0.15, 0.2) is 46.1 Å². The van der Waals surface area contributed by atoms with Crippen molar-refractivity contribution < 1.29 is 29.3 Å². The Morgan fingerprint density at radius 1 is 1.20 bits per heavy atom. The predicted octanol–water partition coefficient (Wildman–Crippen LogP) is 7.15. The third-order valence-electron chi connectivity index (χ3n) is 12.0. The first-order valence-corrected chi connectivity index (χ1v) is 17.7. The number of nitrogens with zero attached hydrogens (tertiary/aromatic N) is 1. The van der Waals surface area contributed by atoms with Gasteiger partial charge in [-0.1, -0.05) is 51.5 Å². The minimum absolute atomic E-state index is 0.218. The van der Waals surface area contributed by atoms with Crippen LogP contribution in [0.2, 0.25) is 0 Å². The molecule has 4 aliphatic rings. The van der Waals surface area contributed by atoms with Crippen LogP contribution in [0, 0.1) is 29.1 Å². The summed E-state index contributed by atoms with van der Waals surface area (Å²) in [6, 6.07) is 0. The fraction of sp³-hybridized carbons (Fsp3) is 0.737. The molecule has 8 atom stereocenters. The Balaban J connectivity index is 1.29. The fourth-order valence-corrected chi connectivity index (χ4v) is 8.89. The van der Waals surface area contributed by atoms with Crippen LogP contribution in [0.3, 0.4) is 0 Å². The highest BCUT2D eigenvalue weighted by Gasteiger charge is 2.57. The molecule has 4 fully saturated rings. The van der Waals surface area contributed by atoms with E-state index in [9.17, 15) is 20.1 Å². The molecule has 0 amide bonds. The van der Waals surface area contributed by atoms with Gasteiger partial charge < -0.3 is 24.5 Å². The zero-order valence-electron chi connectivity index (χ0n) is 28.1. The third-order valence-corrected chi connectivity index (χ3v) is 12.0. The van der Waals surface area contributed by atoms with E-state index < -0.39 is 18.1 Å². The van der Waals surface area contributed by atoms with Crippen LogP contribution in [-0.2, 0) is 21.4 Å². The number of hydrogen-bond acceptors (Lipinski definition) is 7. The molecule has 1 unspecified atom stereocenters. The minimum atomic E-state index is -0.664. The molecule has 1 aromatic rings. The number of fused-ring (bicyclic) bond motifs is 1. The number of ether oxygens (including phenoxy) is 1. The predicted molar refractivity (Wildman–Crippen MR) is 175 cm³/mol. The molecule has 250 valence electrons. The molecule has 5 rings (SSSR count). The Kier molecular flexibility index (Phi) is 10.8. The molecule has 45 heavy (non-hydrogen) atoms. The third kappa shape index (κ3) is 7.21. The van der Waals surface area contributed by atoms with Crippen LogP contribution in [0.1, 0.15) is 123 Å². The van der Waals surface area contributed by atoms with Crippen molar-refractivity contribution in [2.24, 2.45) is 29.1 Å². The SMILES string of the molecule is C=C1C(=CC=C2CCC[C@]3(C)[C@@H]([C@H](C)CC[C@H](OC(=O)C(C)CO)C4(c5ncc(CCCC)o5)CC4)CC[C@@H]23)C[C@@H](O)C[C@@H]1O. The maximum Gasteiger partial charge on any atom is 0.311 e. The number of esters is 1. The standard InChI is InChI=1S/C38H57NO6/c1-6-7-10-30-22-39-36(44-30)38(18-19-38)34(45-35(43)25(3)23-40)16-11-24(2)31-14-15-32-27(9-8-17-37(31,32)5)12-13-28-20-29(41)21-33(42)26(28)4/h12-13,22,24-25,29,31-34,40-42H,4,6-11,14-21,23H2,1-3,5H3/t24-,25?,29-,31-,32+,33+,34+,37-/m1/s1. The largest absolute Gasteiger partial charge is 0.461 e. The molecule has 0 aliphatic heterocycles. The van der Waals surface area contributed by atoms with Gasteiger partial charge in [0.2, 0.25) is 5.89 Å². The first-order valence-electron chi connectivity index (χ1n) is 17.7. The summed E-state index contributed by atoms with van der Waals surface area (Å²) in [5, 5.41) is 30.2. The molecular weight excluding hydrogens is 566 g/mol. The Morgan fingerprint density at radius 3 is 2.69 bits per heavy atom. The molecule has 4 aliphatic carbocycles. The summed E-state index contributed by atoms with van der Waals surface area (Å²) in [7, 11) is 0. The van der Waals surface area contributed by atoms with Crippen molar-refractivity contribution in [2.75, 3.05) is 6.61 Å². The maximum absolute atomic E-state index is 13.0. The van der Waals surface area contributed by atoms with Gasteiger partial charge in [-0.3, -0.25) is 4.79 Å². The quantitative estimate of drug-likeness (QED) is 0.200. The molecule has 0 aromatic carbocycles. The van der Waals surface area contributed by atoms with E-state index in [0.29, 0.717) is 36.5 Å². The van der Waals surface area contributed by atoms with E-state index in [-0.39, 0.29) is 29.5 Å².